The monoisotopic (exact) mass is 601 g/mol. The van der Waals surface area contributed by atoms with Crippen LogP contribution in [-0.4, -0.2) is 75.2 Å². The van der Waals surface area contributed by atoms with E-state index in [4.69, 9.17) is 5.73 Å². The Kier molecular flexibility index (Phi) is 10.7. The van der Waals surface area contributed by atoms with E-state index in [2.05, 4.69) is 16.0 Å². The number of aliphatic hydroxyl groups excluding tert-OH is 1. The molecule has 0 aromatic heterocycles. The number of nitrogens with one attached hydrogen (secondary N) is 3. The standard InChI is InChI=1S/C32H51N5O6/c1-18(2)22-13-14-37(24(22)28(41)34-23(16-19-11-12-19)25(39)27(33)40)29(42)26(31(3,4)5)35-30(43)36-32(6,7)17-20-9-8-10-21(38)15-20/h8-10,15,18-19,22-26,38-39H,11-14,16-17H2,1-7H3,(H2,33,40)(H,34,41)(H2,35,36,43)/t22-,23?,24+,25?,26-/m1/s1. The van der Waals surface area contributed by atoms with Gasteiger partial charge >= 0.3 is 6.03 Å². The van der Waals surface area contributed by atoms with E-state index < -0.39 is 53.0 Å². The van der Waals surface area contributed by atoms with Gasteiger partial charge in [0.15, 0.2) is 6.10 Å². The SMILES string of the molecule is CC(C)[C@H]1CCN(C(=O)[C@@H](NC(=O)NC(C)(C)Cc2cccc(O)c2)C(C)(C)C)[C@@H]1C(=O)NC(CC1CC1)C(O)C(N)=O. The number of likely N-dealkylation sites (tertiary alicyclic amines) is 1. The van der Waals surface area contributed by atoms with Crippen molar-refractivity contribution in [2.75, 3.05) is 6.54 Å². The van der Waals surface area contributed by atoms with Crippen molar-refractivity contribution in [1.29, 1.82) is 0 Å². The maximum Gasteiger partial charge on any atom is 0.315 e. The van der Waals surface area contributed by atoms with Gasteiger partial charge in [-0.2, -0.15) is 0 Å². The number of phenols is 1. The molecule has 11 nitrogen and oxygen atoms in total. The summed E-state index contributed by atoms with van der Waals surface area (Å²) in [5.41, 5.74) is 4.85. The minimum atomic E-state index is -1.52. The van der Waals surface area contributed by atoms with Crippen molar-refractivity contribution in [2.24, 2.45) is 28.9 Å². The number of hydrogen-bond acceptors (Lipinski definition) is 6. The van der Waals surface area contributed by atoms with Crippen LogP contribution in [-0.2, 0) is 20.8 Å². The van der Waals surface area contributed by atoms with Crippen molar-refractivity contribution < 1.29 is 29.4 Å². The molecule has 0 bridgehead atoms. The minimum Gasteiger partial charge on any atom is -0.508 e. The fourth-order valence-corrected chi connectivity index (χ4v) is 6.05. The summed E-state index contributed by atoms with van der Waals surface area (Å²) in [4.78, 5) is 54.6. The summed E-state index contributed by atoms with van der Waals surface area (Å²) >= 11 is 0. The van der Waals surface area contributed by atoms with Gasteiger partial charge in [0.1, 0.15) is 17.8 Å². The van der Waals surface area contributed by atoms with Crippen molar-refractivity contribution in [3.63, 3.8) is 0 Å². The lowest BCUT2D eigenvalue weighted by Gasteiger charge is -2.38. The molecular weight excluding hydrogens is 550 g/mol. The highest BCUT2D eigenvalue weighted by atomic mass is 16.3. The van der Waals surface area contributed by atoms with Crippen LogP contribution in [0.5, 0.6) is 5.75 Å². The van der Waals surface area contributed by atoms with Gasteiger partial charge in [0.05, 0.1) is 6.04 Å². The van der Waals surface area contributed by atoms with E-state index in [9.17, 15) is 29.4 Å². The Morgan fingerprint density at radius 1 is 1.05 bits per heavy atom. The first-order chi connectivity index (χ1) is 19.9. The number of amides is 5. The fourth-order valence-electron chi connectivity index (χ4n) is 6.05. The molecule has 1 saturated carbocycles. The average Bonchev–Trinajstić information content (AvgIpc) is 3.57. The number of rotatable bonds is 12. The van der Waals surface area contributed by atoms with Crippen LogP contribution in [0, 0.1) is 23.2 Å². The number of carbonyl (C=O) groups excluding carboxylic acids is 4. The average molecular weight is 602 g/mol. The number of urea groups is 1. The number of primary amides is 1. The minimum absolute atomic E-state index is 0.0825. The molecule has 2 unspecified atom stereocenters. The summed E-state index contributed by atoms with van der Waals surface area (Å²) in [5, 5.41) is 29.0. The molecule has 1 aliphatic heterocycles. The van der Waals surface area contributed by atoms with Crippen molar-refractivity contribution in [1.82, 2.24) is 20.9 Å². The van der Waals surface area contributed by atoms with E-state index in [0.29, 0.717) is 31.7 Å². The smallest absolute Gasteiger partial charge is 0.315 e. The molecule has 2 fully saturated rings. The molecule has 0 spiro atoms. The Bertz CT molecular complexity index is 1180. The third kappa shape index (κ3) is 9.32. The van der Waals surface area contributed by atoms with E-state index in [0.717, 1.165) is 18.4 Å². The molecule has 1 aromatic rings. The molecule has 5 amide bonds. The maximum absolute atomic E-state index is 14.2. The Labute approximate surface area is 255 Å². The summed E-state index contributed by atoms with van der Waals surface area (Å²) in [6, 6.07) is 3.71. The molecule has 11 heteroatoms. The number of carbonyl (C=O) groups is 4. The summed E-state index contributed by atoms with van der Waals surface area (Å²) in [6.45, 7) is 13.6. The lowest BCUT2D eigenvalue weighted by atomic mass is 9.84. The van der Waals surface area contributed by atoms with Gasteiger partial charge in [0.25, 0.3) is 0 Å². The van der Waals surface area contributed by atoms with Crippen LogP contribution < -0.4 is 21.7 Å². The number of nitrogens with two attached hydrogens (primary N) is 1. The fraction of sp³-hybridized carbons (Fsp3) is 0.688. The topological polar surface area (TPSA) is 174 Å². The van der Waals surface area contributed by atoms with Gasteiger partial charge in [0, 0.05) is 12.1 Å². The molecule has 7 N–H and O–H groups in total. The van der Waals surface area contributed by atoms with Gasteiger partial charge in [-0.05, 0) is 74.0 Å². The molecule has 1 saturated heterocycles. The number of aliphatic hydroxyl groups is 1. The van der Waals surface area contributed by atoms with E-state index >= 15 is 0 Å². The van der Waals surface area contributed by atoms with Gasteiger partial charge in [-0.1, -0.05) is 59.6 Å². The number of nitrogens with zero attached hydrogens (tertiary/aromatic N) is 1. The Balaban J connectivity index is 1.79. The zero-order valence-electron chi connectivity index (χ0n) is 26.6. The van der Waals surface area contributed by atoms with Gasteiger partial charge < -0.3 is 36.8 Å². The first-order valence-corrected chi connectivity index (χ1v) is 15.3. The largest absolute Gasteiger partial charge is 0.508 e. The molecular formula is C32H51N5O6. The maximum atomic E-state index is 14.2. The molecule has 0 radical (unpaired) electrons. The molecule has 43 heavy (non-hydrogen) atoms. The zero-order valence-corrected chi connectivity index (χ0v) is 26.6. The predicted molar refractivity (Wildman–Crippen MR) is 164 cm³/mol. The quantitative estimate of drug-likeness (QED) is 0.215. The van der Waals surface area contributed by atoms with E-state index in [1.165, 1.54) is 0 Å². The van der Waals surface area contributed by atoms with Crippen molar-refractivity contribution in [2.45, 2.75) is 110 Å². The lowest BCUT2D eigenvalue weighted by Crippen LogP contribution is -2.62. The lowest BCUT2D eigenvalue weighted by molar-refractivity contribution is -0.144. The molecule has 3 rings (SSSR count). The van der Waals surface area contributed by atoms with Crippen molar-refractivity contribution >= 4 is 23.8 Å². The molecule has 1 aliphatic carbocycles. The van der Waals surface area contributed by atoms with Crippen LogP contribution in [0.25, 0.3) is 0 Å². The van der Waals surface area contributed by atoms with Crippen LogP contribution in [0.2, 0.25) is 0 Å². The van der Waals surface area contributed by atoms with Crippen LogP contribution in [0.4, 0.5) is 4.79 Å². The first kappa shape index (κ1) is 34.2. The normalized spacial score (nSPS) is 21.2. The van der Waals surface area contributed by atoms with Gasteiger partial charge in [-0.15, -0.1) is 0 Å². The molecule has 5 atom stereocenters. The predicted octanol–water partition coefficient (Wildman–Crippen LogP) is 2.43. The van der Waals surface area contributed by atoms with Crippen molar-refractivity contribution in [3.8, 4) is 5.75 Å². The number of phenolic OH excluding ortho intramolecular Hbond substituents is 1. The molecule has 2 aliphatic rings. The molecule has 1 aromatic carbocycles. The van der Waals surface area contributed by atoms with E-state index in [1.54, 1.807) is 23.1 Å². The summed E-state index contributed by atoms with van der Waals surface area (Å²) in [5.74, 6) is -1.31. The first-order valence-electron chi connectivity index (χ1n) is 15.3. The highest BCUT2D eigenvalue weighted by molar-refractivity contribution is 5.93. The second-order valence-electron chi connectivity index (χ2n) is 14.4. The molecule has 240 valence electrons. The van der Waals surface area contributed by atoms with E-state index in [-0.39, 0.29) is 23.5 Å². The third-order valence-corrected chi connectivity index (χ3v) is 8.53. The van der Waals surface area contributed by atoms with Crippen LogP contribution >= 0.6 is 0 Å². The van der Waals surface area contributed by atoms with Crippen LogP contribution in [0.1, 0.15) is 79.7 Å². The second-order valence-corrected chi connectivity index (χ2v) is 14.4. The van der Waals surface area contributed by atoms with Gasteiger partial charge in [-0.25, -0.2) is 4.79 Å². The van der Waals surface area contributed by atoms with Gasteiger partial charge in [0.2, 0.25) is 17.7 Å². The summed E-state index contributed by atoms with van der Waals surface area (Å²) in [6.07, 6.45) is 1.90. The Hall–Kier alpha value is -3.34. The summed E-state index contributed by atoms with van der Waals surface area (Å²) < 4.78 is 0. The van der Waals surface area contributed by atoms with Crippen molar-refractivity contribution in [3.05, 3.63) is 29.8 Å². The number of benzene rings is 1. The Morgan fingerprint density at radius 2 is 1.70 bits per heavy atom. The zero-order chi connectivity index (χ0) is 32.3. The van der Waals surface area contributed by atoms with Gasteiger partial charge in [-0.3, -0.25) is 14.4 Å². The Morgan fingerprint density at radius 3 is 2.23 bits per heavy atom. The third-order valence-electron chi connectivity index (χ3n) is 8.53. The van der Waals surface area contributed by atoms with E-state index in [1.807, 2.05) is 54.5 Å². The van der Waals surface area contributed by atoms with Crippen LogP contribution in [0.3, 0.4) is 0 Å². The second kappa shape index (κ2) is 13.5. The highest BCUT2D eigenvalue weighted by Crippen LogP contribution is 2.36. The van der Waals surface area contributed by atoms with Crippen LogP contribution in [0.15, 0.2) is 24.3 Å². The molecule has 1 heterocycles. The number of aromatic hydroxyl groups is 1. The number of hydrogen-bond donors (Lipinski definition) is 6. The summed E-state index contributed by atoms with van der Waals surface area (Å²) in [7, 11) is 0. The highest BCUT2D eigenvalue weighted by Gasteiger charge is 2.48.